The lowest BCUT2D eigenvalue weighted by Crippen LogP contribution is -2.56. The molecular formula is C17H29N3. The molecule has 0 saturated carbocycles. The van der Waals surface area contributed by atoms with Crippen LogP contribution in [-0.4, -0.2) is 35.1 Å². The maximum Gasteiger partial charge on any atom is 0.0312 e. The van der Waals surface area contributed by atoms with Crippen LogP contribution < -0.4 is 5.32 Å². The van der Waals surface area contributed by atoms with E-state index >= 15 is 0 Å². The van der Waals surface area contributed by atoms with Crippen LogP contribution in [0.4, 0.5) is 0 Å². The Morgan fingerprint density at radius 3 is 2.95 bits per heavy atom. The van der Waals surface area contributed by atoms with Crippen LogP contribution in [-0.2, 0) is 6.54 Å². The van der Waals surface area contributed by atoms with Gasteiger partial charge in [-0.3, -0.25) is 9.88 Å². The van der Waals surface area contributed by atoms with Crippen LogP contribution in [0.15, 0.2) is 24.5 Å². The van der Waals surface area contributed by atoms with Crippen molar-refractivity contribution in [1.29, 1.82) is 0 Å². The third-order valence-electron chi connectivity index (χ3n) is 4.10. The summed E-state index contributed by atoms with van der Waals surface area (Å²) in [5.41, 5.74) is 1.33. The molecular weight excluding hydrogens is 246 g/mol. The molecule has 3 nitrogen and oxygen atoms in total. The number of nitrogens with zero attached hydrogens (tertiary/aromatic N) is 2. The molecule has 1 aromatic rings. The molecule has 0 bridgehead atoms. The highest BCUT2D eigenvalue weighted by atomic mass is 15.2. The van der Waals surface area contributed by atoms with E-state index in [0.29, 0.717) is 12.1 Å². The Kier molecular flexibility index (Phi) is 5.99. The first-order chi connectivity index (χ1) is 9.69. The average molecular weight is 275 g/mol. The molecule has 2 atom stereocenters. The standard InChI is InChI=1S/C17H29N3/c1-4-6-16-13-20(12-15-7-5-8-18-10-15)17(11-19-16)9-14(2)3/h5,7-8,10,14,16-17,19H,4,6,9,11-13H2,1-3H3. The van der Waals surface area contributed by atoms with E-state index in [0.717, 1.165) is 19.0 Å². The van der Waals surface area contributed by atoms with Crippen LogP contribution in [0.25, 0.3) is 0 Å². The molecule has 1 aromatic heterocycles. The van der Waals surface area contributed by atoms with Crippen molar-refractivity contribution in [2.24, 2.45) is 5.92 Å². The van der Waals surface area contributed by atoms with Crippen LogP contribution in [0.5, 0.6) is 0 Å². The van der Waals surface area contributed by atoms with Gasteiger partial charge in [0, 0.05) is 44.1 Å². The van der Waals surface area contributed by atoms with Crippen molar-refractivity contribution in [1.82, 2.24) is 15.2 Å². The minimum atomic E-state index is 0.653. The van der Waals surface area contributed by atoms with Crippen molar-refractivity contribution in [2.45, 2.75) is 58.7 Å². The summed E-state index contributed by atoms with van der Waals surface area (Å²) >= 11 is 0. The van der Waals surface area contributed by atoms with Gasteiger partial charge in [-0.25, -0.2) is 0 Å². The molecule has 1 fully saturated rings. The molecule has 20 heavy (non-hydrogen) atoms. The van der Waals surface area contributed by atoms with Crippen molar-refractivity contribution in [3.63, 3.8) is 0 Å². The molecule has 2 rings (SSSR count). The predicted octanol–water partition coefficient (Wildman–Crippen LogP) is 3.07. The molecule has 2 unspecified atom stereocenters. The van der Waals surface area contributed by atoms with E-state index in [1.165, 1.54) is 31.4 Å². The smallest absolute Gasteiger partial charge is 0.0312 e. The van der Waals surface area contributed by atoms with Gasteiger partial charge in [-0.1, -0.05) is 33.3 Å². The fourth-order valence-corrected chi connectivity index (χ4v) is 3.17. The predicted molar refractivity (Wildman–Crippen MR) is 84.6 cm³/mol. The van der Waals surface area contributed by atoms with E-state index in [9.17, 15) is 0 Å². The monoisotopic (exact) mass is 275 g/mol. The zero-order chi connectivity index (χ0) is 14.4. The molecule has 1 aliphatic rings. The van der Waals surface area contributed by atoms with Gasteiger partial charge >= 0.3 is 0 Å². The van der Waals surface area contributed by atoms with Crippen molar-refractivity contribution < 1.29 is 0 Å². The Bertz CT molecular complexity index is 377. The summed E-state index contributed by atoms with van der Waals surface area (Å²) in [4.78, 5) is 6.91. The van der Waals surface area contributed by atoms with Crippen LogP contribution in [0, 0.1) is 5.92 Å². The summed E-state index contributed by atoms with van der Waals surface area (Å²) in [6.45, 7) is 10.2. The van der Waals surface area contributed by atoms with Crippen molar-refractivity contribution >= 4 is 0 Å². The SMILES string of the molecule is CCCC1CN(Cc2cccnc2)C(CC(C)C)CN1. The molecule has 1 N–H and O–H groups in total. The maximum atomic E-state index is 4.25. The van der Waals surface area contributed by atoms with E-state index in [2.05, 4.69) is 42.0 Å². The maximum absolute atomic E-state index is 4.25. The first-order valence-electron chi connectivity index (χ1n) is 8.05. The zero-order valence-corrected chi connectivity index (χ0v) is 13.2. The van der Waals surface area contributed by atoms with Gasteiger partial charge in [-0.15, -0.1) is 0 Å². The molecule has 0 spiro atoms. The summed E-state index contributed by atoms with van der Waals surface area (Å²) < 4.78 is 0. The molecule has 0 radical (unpaired) electrons. The highest BCUT2D eigenvalue weighted by Crippen LogP contribution is 2.19. The minimum Gasteiger partial charge on any atom is -0.311 e. The van der Waals surface area contributed by atoms with Crippen LogP contribution in [0.1, 0.15) is 45.6 Å². The molecule has 0 aliphatic carbocycles. The van der Waals surface area contributed by atoms with Gasteiger partial charge in [0.1, 0.15) is 0 Å². The number of nitrogens with one attached hydrogen (secondary N) is 1. The first-order valence-corrected chi connectivity index (χ1v) is 8.05. The summed E-state index contributed by atoms with van der Waals surface area (Å²) in [5, 5.41) is 3.73. The van der Waals surface area contributed by atoms with Gasteiger partial charge in [-0.2, -0.15) is 0 Å². The summed E-state index contributed by atoms with van der Waals surface area (Å²) in [7, 11) is 0. The largest absolute Gasteiger partial charge is 0.311 e. The Morgan fingerprint density at radius 2 is 2.30 bits per heavy atom. The molecule has 1 aliphatic heterocycles. The van der Waals surface area contributed by atoms with Gasteiger partial charge < -0.3 is 5.32 Å². The number of hydrogen-bond acceptors (Lipinski definition) is 3. The molecule has 112 valence electrons. The second-order valence-corrected chi connectivity index (χ2v) is 6.47. The molecule has 1 saturated heterocycles. The van der Waals surface area contributed by atoms with Crippen molar-refractivity contribution in [3.8, 4) is 0 Å². The van der Waals surface area contributed by atoms with Gasteiger partial charge in [0.15, 0.2) is 0 Å². The van der Waals surface area contributed by atoms with Gasteiger partial charge in [0.05, 0.1) is 0 Å². The zero-order valence-electron chi connectivity index (χ0n) is 13.2. The van der Waals surface area contributed by atoms with Crippen molar-refractivity contribution in [2.75, 3.05) is 13.1 Å². The van der Waals surface area contributed by atoms with Gasteiger partial charge in [-0.05, 0) is 30.4 Å². The first kappa shape index (κ1) is 15.5. The molecule has 2 heterocycles. The number of aromatic nitrogens is 1. The second-order valence-electron chi connectivity index (χ2n) is 6.47. The molecule has 0 aromatic carbocycles. The molecule has 3 heteroatoms. The van der Waals surface area contributed by atoms with Crippen LogP contribution in [0.3, 0.4) is 0 Å². The topological polar surface area (TPSA) is 28.2 Å². The Balaban J connectivity index is 2.01. The minimum absolute atomic E-state index is 0.653. The molecule has 0 amide bonds. The Labute approximate surface area is 123 Å². The van der Waals surface area contributed by atoms with E-state index < -0.39 is 0 Å². The van der Waals surface area contributed by atoms with Crippen molar-refractivity contribution in [3.05, 3.63) is 30.1 Å². The highest BCUT2D eigenvalue weighted by Gasteiger charge is 2.27. The highest BCUT2D eigenvalue weighted by molar-refractivity contribution is 5.09. The number of rotatable bonds is 6. The fourth-order valence-electron chi connectivity index (χ4n) is 3.17. The van der Waals surface area contributed by atoms with Gasteiger partial charge in [0.2, 0.25) is 0 Å². The lowest BCUT2D eigenvalue weighted by atomic mass is 9.97. The van der Waals surface area contributed by atoms with Crippen LogP contribution in [0.2, 0.25) is 0 Å². The summed E-state index contributed by atoms with van der Waals surface area (Å²) in [6, 6.07) is 5.54. The summed E-state index contributed by atoms with van der Waals surface area (Å²) in [6.07, 6.45) is 7.66. The average Bonchev–Trinajstić information content (AvgIpc) is 2.43. The lowest BCUT2D eigenvalue weighted by Gasteiger charge is -2.41. The number of pyridine rings is 1. The van der Waals surface area contributed by atoms with Crippen LogP contribution >= 0.6 is 0 Å². The third kappa shape index (κ3) is 4.57. The Hall–Kier alpha value is -0.930. The van der Waals surface area contributed by atoms with E-state index in [4.69, 9.17) is 0 Å². The fraction of sp³-hybridized carbons (Fsp3) is 0.706. The number of piperazine rings is 1. The quantitative estimate of drug-likeness (QED) is 0.865. The lowest BCUT2D eigenvalue weighted by molar-refractivity contribution is 0.103. The second kappa shape index (κ2) is 7.75. The number of hydrogen-bond donors (Lipinski definition) is 1. The summed E-state index contributed by atoms with van der Waals surface area (Å²) in [5.74, 6) is 0.751. The van der Waals surface area contributed by atoms with E-state index in [1.54, 1.807) is 0 Å². The van der Waals surface area contributed by atoms with Gasteiger partial charge in [0.25, 0.3) is 0 Å². The third-order valence-corrected chi connectivity index (χ3v) is 4.10. The normalized spacial score (nSPS) is 24.2. The van der Waals surface area contributed by atoms with E-state index in [-0.39, 0.29) is 0 Å². The van der Waals surface area contributed by atoms with E-state index in [1.807, 2.05) is 18.5 Å². The Morgan fingerprint density at radius 1 is 1.45 bits per heavy atom.